The molecule has 27 heavy (non-hydrogen) atoms. The normalized spacial score (nSPS) is 11.9. The Balaban J connectivity index is 2.08. The second-order valence-electron chi connectivity index (χ2n) is 6.10. The van der Waals surface area contributed by atoms with Crippen LogP contribution in [-0.4, -0.2) is 39.9 Å². The molecule has 0 radical (unpaired) electrons. The van der Waals surface area contributed by atoms with Crippen LogP contribution in [-0.2, 0) is 23.1 Å². The molecule has 0 atom stereocenters. The fraction of sp³-hybridized carbons (Fsp3) is 0.333. The Morgan fingerprint density at radius 1 is 1.33 bits per heavy atom. The molecule has 0 spiro atoms. The summed E-state index contributed by atoms with van der Waals surface area (Å²) in [6, 6.07) is 7.32. The number of carbonyl (C=O) groups is 2. The number of rotatable bonds is 5. The smallest absolute Gasteiger partial charge is 0.300 e. The van der Waals surface area contributed by atoms with Gasteiger partial charge in [-0.15, -0.1) is 0 Å². The van der Waals surface area contributed by atoms with E-state index in [0.717, 1.165) is 15.9 Å². The largest absolute Gasteiger partial charge is 0.383 e. The van der Waals surface area contributed by atoms with E-state index in [1.165, 1.54) is 18.3 Å². The second-order valence-corrected chi connectivity index (χ2v) is 7.11. The number of thiazole rings is 1. The van der Waals surface area contributed by atoms with E-state index in [0.29, 0.717) is 29.3 Å². The summed E-state index contributed by atoms with van der Waals surface area (Å²) < 4.78 is 9.69. The minimum atomic E-state index is -0.390. The van der Waals surface area contributed by atoms with E-state index in [1.54, 1.807) is 24.9 Å². The number of nitrogens with one attached hydrogen (secondary N) is 1. The molecular formula is C18H21N5O3S. The summed E-state index contributed by atoms with van der Waals surface area (Å²) in [6.45, 7) is 4.39. The first-order chi connectivity index (χ1) is 12.9. The maximum Gasteiger partial charge on any atom is 0.300 e. The number of hydrogen-bond acceptors (Lipinski definition) is 5. The zero-order chi connectivity index (χ0) is 19.6. The summed E-state index contributed by atoms with van der Waals surface area (Å²) >= 11 is 1.38. The number of amides is 2. The van der Waals surface area contributed by atoms with Crippen molar-refractivity contribution in [3.63, 3.8) is 0 Å². The molecule has 142 valence electrons. The van der Waals surface area contributed by atoms with Gasteiger partial charge in [0.25, 0.3) is 5.91 Å². The summed E-state index contributed by atoms with van der Waals surface area (Å²) in [5.41, 5.74) is 2.82. The number of anilines is 1. The maximum absolute atomic E-state index is 12.6. The molecule has 2 aromatic heterocycles. The Labute approximate surface area is 160 Å². The third-order valence-electron chi connectivity index (χ3n) is 4.05. The molecular weight excluding hydrogens is 366 g/mol. The standard InChI is InChI=1S/C18H21N5O3S/c1-11-9-14(21-22(11)3)17(25)20-18-23(7-8-26-4)15-6-5-13(19-12(2)24)10-16(15)27-18/h5-6,9-10H,7-8H2,1-4H3,(H,19,24). The van der Waals surface area contributed by atoms with Crippen molar-refractivity contribution in [3.8, 4) is 0 Å². The predicted octanol–water partition coefficient (Wildman–Crippen LogP) is 2.09. The topological polar surface area (TPSA) is 90.5 Å². The van der Waals surface area contributed by atoms with Crippen molar-refractivity contribution in [2.75, 3.05) is 19.0 Å². The molecule has 2 amide bonds. The van der Waals surface area contributed by atoms with Gasteiger partial charge in [-0.2, -0.15) is 10.1 Å². The molecule has 0 bridgehead atoms. The van der Waals surface area contributed by atoms with Crippen LogP contribution in [0.3, 0.4) is 0 Å². The van der Waals surface area contributed by atoms with Gasteiger partial charge in [0.05, 0.1) is 16.8 Å². The van der Waals surface area contributed by atoms with Crippen LogP contribution in [0.25, 0.3) is 10.2 Å². The van der Waals surface area contributed by atoms with E-state index in [1.807, 2.05) is 29.7 Å². The molecule has 2 heterocycles. The Hall–Kier alpha value is -2.78. The van der Waals surface area contributed by atoms with Crippen molar-refractivity contribution < 1.29 is 14.3 Å². The average Bonchev–Trinajstić information content (AvgIpc) is 3.12. The van der Waals surface area contributed by atoms with E-state index in [2.05, 4.69) is 15.4 Å². The number of aromatic nitrogens is 3. The van der Waals surface area contributed by atoms with Crippen molar-refractivity contribution in [2.45, 2.75) is 20.4 Å². The minimum Gasteiger partial charge on any atom is -0.383 e. The lowest BCUT2D eigenvalue weighted by Crippen LogP contribution is -2.19. The van der Waals surface area contributed by atoms with Crippen molar-refractivity contribution in [1.29, 1.82) is 0 Å². The third-order valence-corrected chi connectivity index (χ3v) is 5.09. The number of hydrogen-bond donors (Lipinski definition) is 1. The highest BCUT2D eigenvalue weighted by molar-refractivity contribution is 7.16. The fourth-order valence-corrected chi connectivity index (χ4v) is 3.74. The fourth-order valence-electron chi connectivity index (χ4n) is 2.65. The highest BCUT2D eigenvalue weighted by Crippen LogP contribution is 2.22. The molecule has 1 aromatic carbocycles. The first-order valence-corrected chi connectivity index (χ1v) is 9.20. The number of benzene rings is 1. The van der Waals surface area contributed by atoms with E-state index >= 15 is 0 Å². The molecule has 0 unspecified atom stereocenters. The first-order valence-electron chi connectivity index (χ1n) is 8.38. The van der Waals surface area contributed by atoms with Crippen LogP contribution in [0.4, 0.5) is 5.69 Å². The van der Waals surface area contributed by atoms with Gasteiger partial charge in [0.15, 0.2) is 10.5 Å². The van der Waals surface area contributed by atoms with Gasteiger partial charge in [0.2, 0.25) is 5.91 Å². The van der Waals surface area contributed by atoms with E-state index in [-0.39, 0.29) is 5.91 Å². The van der Waals surface area contributed by atoms with E-state index in [9.17, 15) is 9.59 Å². The number of methoxy groups -OCH3 is 1. The molecule has 3 aromatic rings. The number of carbonyl (C=O) groups excluding carboxylic acids is 2. The average molecular weight is 387 g/mol. The van der Waals surface area contributed by atoms with Gasteiger partial charge in [0.1, 0.15) is 0 Å². The predicted molar refractivity (Wildman–Crippen MR) is 104 cm³/mol. The maximum atomic E-state index is 12.6. The van der Waals surface area contributed by atoms with Crippen molar-refractivity contribution in [2.24, 2.45) is 12.0 Å². The lowest BCUT2D eigenvalue weighted by atomic mass is 10.3. The highest BCUT2D eigenvalue weighted by atomic mass is 32.1. The number of aryl methyl sites for hydroxylation is 2. The van der Waals surface area contributed by atoms with Crippen molar-refractivity contribution in [3.05, 3.63) is 40.5 Å². The Morgan fingerprint density at radius 2 is 2.11 bits per heavy atom. The van der Waals surface area contributed by atoms with Gasteiger partial charge in [-0.1, -0.05) is 11.3 Å². The van der Waals surface area contributed by atoms with Crippen LogP contribution in [0.2, 0.25) is 0 Å². The van der Waals surface area contributed by atoms with Crippen molar-refractivity contribution >= 4 is 39.1 Å². The van der Waals surface area contributed by atoms with Crippen LogP contribution in [0.15, 0.2) is 29.3 Å². The monoisotopic (exact) mass is 387 g/mol. The molecule has 3 rings (SSSR count). The van der Waals surface area contributed by atoms with Crippen molar-refractivity contribution in [1.82, 2.24) is 14.3 Å². The third kappa shape index (κ3) is 4.15. The molecule has 0 aliphatic carbocycles. The highest BCUT2D eigenvalue weighted by Gasteiger charge is 2.13. The van der Waals surface area contributed by atoms with Crippen LogP contribution in [0.5, 0.6) is 0 Å². The number of nitrogens with zero attached hydrogens (tertiary/aromatic N) is 4. The number of ether oxygens (including phenoxy) is 1. The van der Waals surface area contributed by atoms with Crippen LogP contribution >= 0.6 is 11.3 Å². The summed E-state index contributed by atoms with van der Waals surface area (Å²) in [7, 11) is 3.41. The lowest BCUT2D eigenvalue weighted by molar-refractivity contribution is -0.114. The van der Waals surface area contributed by atoms with E-state index in [4.69, 9.17) is 4.74 Å². The molecule has 0 saturated carbocycles. The van der Waals surface area contributed by atoms with E-state index < -0.39 is 5.91 Å². The first kappa shape index (κ1) is 19.0. The molecule has 8 nitrogen and oxygen atoms in total. The SMILES string of the molecule is COCCn1c(=NC(=O)c2cc(C)n(C)n2)sc2cc(NC(C)=O)ccc21. The van der Waals surface area contributed by atoms with Crippen LogP contribution < -0.4 is 10.1 Å². The van der Waals surface area contributed by atoms with Gasteiger partial charge >= 0.3 is 0 Å². The quantitative estimate of drug-likeness (QED) is 0.726. The second kappa shape index (κ2) is 7.85. The minimum absolute atomic E-state index is 0.135. The van der Waals surface area contributed by atoms with Crippen LogP contribution in [0.1, 0.15) is 23.1 Å². The van der Waals surface area contributed by atoms with Crippen LogP contribution in [0, 0.1) is 6.92 Å². The van der Waals surface area contributed by atoms with Gasteiger partial charge in [-0.05, 0) is 31.2 Å². The van der Waals surface area contributed by atoms with Gasteiger partial charge in [-0.3, -0.25) is 14.3 Å². The molecule has 0 aliphatic rings. The van der Waals surface area contributed by atoms with Gasteiger partial charge in [-0.25, -0.2) is 0 Å². The lowest BCUT2D eigenvalue weighted by Gasteiger charge is -2.05. The molecule has 1 N–H and O–H groups in total. The zero-order valence-electron chi connectivity index (χ0n) is 15.6. The molecule has 0 fully saturated rings. The molecule has 0 saturated heterocycles. The summed E-state index contributed by atoms with van der Waals surface area (Å²) in [6.07, 6.45) is 0. The Bertz CT molecular complexity index is 1060. The summed E-state index contributed by atoms with van der Waals surface area (Å²) in [4.78, 5) is 28.7. The zero-order valence-corrected chi connectivity index (χ0v) is 16.5. The Kier molecular flexibility index (Phi) is 5.52. The summed E-state index contributed by atoms with van der Waals surface area (Å²) in [5, 5.41) is 6.96. The number of fused-ring (bicyclic) bond motifs is 1. The van der Waals surface area contributed by atoms with Gasteiger partial charge in [0, 0.05) is 39.0 Å². The Morgan fingerprint density at radius 3 is 2.74 bits per heavy atom. The molecule has 9 heteroatoms. The molecule has 0 aliphatic heterocycles. The van der Waals surface area contributed by atoms with Gasteiger partial charge < -0.3 is 14.6 Å². The summed E-state index contributed by atoms with van der Waals surface area (Å²) in [5.74, 6) is -0.526.